The van der Waals surface area contributed by atoms with Gasteiger partial charge in [-0.25, -0.2) is 5.43 Å². The lowest BCUT2D eigenvalue weighted by atomic mass is 10.1. The number of aromatic nitrogens is 1. The maximum absolute atomic E-state index is 11.3. The van der Waals surface area contributed by atoms with Crippen molar-refractivity contribution < 1.29 is 4.79 Å². The Morgan fingerprint density at radius 3 is 2.30 bits per heavy atom. The lowest BCUT2D eigenvalue weighted by Crippen LogP contribution is -2.41. The molecular formula is C18H24N4O. The van der Waals surface area contributed by atoms with Crippen molar-refractivity contribution in [3.63, 3.8) is 0 Å². The van der Waals surface area contributed by atoms with Crippen LogP contribution < -0.4 is 16.6 Å². The molecule has 0 spiro atoms. The molecule has 5 heteroatoms. The molecule has 23 heavy (non-hydrogen) atoms. The number of amides is 1. The minimum atomic E-state index is -0.142. The Morgan fingerprint density at radius 1 is 1.17 bits per heavy atom. The Bertz CT molecular complexity index is 601. The molecular weight excluding hydrogens is 288 g/mol. The predicted molar refractivity (Wildman–Crippen MR) is 91.8 cm³/mol. The summed E-state index contributed by atoms with van der Waals surface area (Å²) in [7, 11) is 0. The number of carbonyl (C=O) groups excluding carboxylic acids is 1. The molecule has 122 valence electrons. The summed E-state index contributed by atoms with van der Waals surface area (Å²) in [5.41, 5.74) is 13.1. The maximum atomic E-state index is 11.3. The molecule has 0 aliphatic heterocycles. The molecule has 0 radical (unpaired) electrons. The molecule has 4 N–H and O–H groups in total. The van der Waals surface area contributed by atoms with Gasteiger partial charge in [-0.2, -0.15) is 0 Å². The Morgan fingerprint density at radius 2 is 1.78 bits per heavy atom. The zero-order valence-electron chi connectivity index (χ0n) is 13.6. The van der Waals surface area contributed by atoms with Crippen molar-refractivity contribution in [2.45, 2.75) is 38.3 Å². The summed E-state index contributed by atoms with van der Waals surface area (Å²) in [4.78, 5) is 15.2. The lowest BCUT2D eigenvalue weighted by molar-refractivity contribution is 0.0927. The third kappa shape index (κ3) is 5.81. The summed E-state index contributed by atoms with van der Waals surface area (Å²) in [6.45, 7) is 3.90. The molecule has 3 rings (SSSR count). The molecule has 1 amide bonds. The molecule has 1 saturated carbocycles. The predicted octanol–water partition coefficient (Wildman–Crippen LogP) is 2.23. The summed E-state index contributed by atoms with van der Waals surface area (Å²) >= 11 is 0. The van der Waals surface area contributed by atoms with Crippen molar-refractivity contribution in [2.24, 2.45) is 5.73 Å². The maximum Gasteiger partial charge on any atom is 0.265 e. The number of nitrogens with zero attached hydrogens (tertiary/aromatic N) is 1. The number of nitrogens with two attached hydrogens (primary N) is 1. The first-order valence-electron chi connectivity index (χ1n) is 7.84. The van der Waals surface area contributed by atoms with E-state index in [1.807, 2.05) is 19.9 Å². The van der Waals surface area contributed by atoms with Gasteiger partial charge in [-0.15, -0.1) is 0 Å². The average molecular weight is 312 g/mol. The first-order valence-corrected chi connectivity index (χ1v) is 7.84. The molecule has 2 atom stereocenters. The van der Waals surface area contributed by atoms with Crippen LogP contribution in [0, 0.1) is 0 Å². The molecule has 1 aromatic carbocycles. The highest BCUT2D eigenvalue weighted by Gasteiger charge is 2.34. The molecule has 5 nitrogen and oxygen atoms in total. The zero-order valence-corrected chi connectivity index (χ0v) is 13.6. The van der Waals surface area contributed by atoms with Crippen LogP contribution in [0.5, 0.6) is 0 Å². The summed E-state index contributed by atoms with van der Waals surface area (Å²) < 4.78 is 0. The van der Waals surface area contributed by atoms with Crippen molar-refractivity contribution in [2.75, 3.05) is 0 Å². The van der Waals surface area contributed by atoms with Crippen molar-refractivity contribution in [1.82, 2.24) is 15.8 Å². The number of carbonyl (C=O) groups is 1. The van der Waals surface area contributed by atoms with E-state index in [0.29, 0.717) is 17.5 Å². The van der Waals surface area contributed by atoms with E-state index in [1.54, 1.807) is 24.5 Å². The molecule has 1 aromatic heterocycles. The summed E-state index contributed by atoms with van der Waals surface area (Å²) in [5.74, 6) is 0.511. The second kappa shape index (κ2) is 8.41. The van der Waals surface area contributed by atoms with Gasteiger partial charge < -0.3 is 5.73 Å². The fourth-order valence-electron chi connectivity index (χ4n) is 2.08. The molecule has 1 aliphatic rings. The van der Waals surface area contributed by atoms with Crippen molar-refractivity contribution in [3.8, 4) is 0 Å². The molecule has 1 fully saturated rings. The summed E-state index contributed by atoms with van der Waals surface area (Å²) in [6, 6.07) is 14.5. The summed E-state index contributed by atoms with van der Waals surface area (Å²) in [5, 5.41) is 0. The SMILES string of the molecule is CC(C)NNC(=O)c1ccncc1.N[C@@H]1C[C@H]1c1ccccc1. The van der Waals surface area contributed by atoms with Crippen LogP contribution in [-0.4, -0.2) is 23.0 Å². The van der Waals surface area contributed by atoms with Crippen molar-refractivity contribution in [1.29, 1.82) is 0 Å². The van der Waals surface area contributed by atoms with Crippen LogP contribution in [0.25, 0.3) is 0 Å². The van der Waals surface area contributed by atoms with E-state index >= 15 is 0 Å². The fourth-order valence-corrected chi connectivity index (χ4v) is 2.08. The number of hydrogen-bond donors (Lipinski definition) is 3. The van der Waals surface area contributed by atoms with Crippen LogP contribution in [0.1, 0.15) is 42.1 Å². The summed E-state index contributed by atoms with van der Waals surface area (Å²) in [6.07, 6.45) is 4.35. The van der Waals surface area contributed by atoms with E-state index in [9.17, 15) is 4.79 Å². The topological polar surface area (TPSA) is 80.0 Å². The molecule has 1 aliphatic carbocycles. The number of hydrogen-bond acceptors (Lipinski definition) is 4. The molecule has 0 bridgehead atoms. The average Bonchev–Trinajstić information content (AvgIpc) is 3.32. The lowest BCUT2D eigenvalue weighted by Gasteiger charge is -2.09. The number of rotatable bonds is 4. The first kappa shape index (κ1) is 17.1. The van der Waals surface area contributed by atoms with E-state index in [-0.39, 0.29) is 11.9 Å². The molecule has 0 saturated heterocycles. The van der Waals surface area contributed by atoms with Gasteiger partial charge in [0.25, 0.3) is 5.91 Å². The second-order valence-corrected chi connectivity index (χ2v) is 5.91. The van der Waals surface area contributed by atoms with E-state index in [2.05, 4.69) is 40.1 Å². The smallest absolute Gasteiger partial charge is 0.265 e. The Hall–Kier alpha value is -2.24. The van der Waals surface area contributed by atoms with Gasteiger partial charge in [0.2, 0.25) is 0 Å². The Labute approximate surface area is 137 Å². The van der Waals surface area contributed by atoms with Crippen LogP contribution >= 0.6 is 0 Å². The highest BCUT2D eigenvalue weighted by Crippen LogP contribution is 2.38. The van der Waals surface area contributed by atoms with Gasteiger partial charge in [-0.05, 0) is 38.0 Å². The largest absolute Gasteiger partial charge is 0.327 e. The third-order valence-electron chi connectivity index (χ3n) is 3.48. The number of pyridine rings is 1. The molecule has 0 unspecified atom stereocenters. The monoisotopic (exact) mass is 312 g/mol. The van der Waals surface area contributed by atoms with E-state index in [0.717, 1.165) is 0 Å². The van der Waals surface area contributed by atoms with Crippen LogP contribution in [0.2, 0.25) is 0 Å². The molecule has 2 aromatic rings. The van der Waals surface area contributed by atoms with Gasteiger partial charge in [0.1, 0.15) is 0 Å². The van der Waals surface area contributed by atoms with Gasteiger partial charge >= 0.3 is 0 Å². The highest BCUT2D eigenvalue weighted by atomic mass is 16.2. The van der Waals surface area contributed by atoms with Gasteiger partial charge in [0, 0.05) is 36.0 Å². The zero-order chi connectivity index (χ0) is 16.7. The van der Waals surface area contributed by atoms with Gasteiger partial charge in [0.05, 0.1) is 0 Å². The van der Waals surface area contributed by atoms with Crippen LogP contribution in [0.4, 0.5) is 0 Å². The standard InChI is InChI=1S/C9H13N3O.C9H11N/c1-7(2)11-12-9(13)8-3-5-10-6-4-8;10-9-6-8(9)7-4-2-1-3-5-7/h3-7,11H,1-2H3,(H,12,13);1-5,8-9H,6,10H2/t;8-,9+/m.0/s1. The number of hydrazine groups is 1. The second-order valence-electron chi connectivity index (χ2n) is 5.91. The minimum Gasteiger partial charge on any atom is -0.327 e. The quantitative estimate of drug-likeness (QED) is 0.756. The highest BCUT2D eigenvalue weighted by molar-refractivity contribution is 5.93. The van der Waals surface area contributed by atoms with Crippen LogP contribution in [-0.2, 0) is 0 Å². The van der Waals surface area contributed by atoms with Crippen LogP contribution in [0.15, 0.2) is 54.9 Å². The first-order chi connectivity index (χ1) is 11.1. The van der Waals surface area contributed by atoms with Crippen molar-refractivity contribution in [3.05, 3.63) is 66.0 Å². The van der Waals surface area contributed by atoms with Gasteiger partial charge in [0.15, 0.2) is 0 Å². The molecule has 1 heterocycles. The minimum absolute atomic E-state index is 0.142. The third-order valence-corrected chi connectivity index (χ3v) is 3.48. The Kier molecular flexibility index (Phi) is 6.26. The number of nitrogens with one attached hydrogen (secondary N) is 2. The van der Waals surface area contributed by atoms with E-state index in [1.165, 1.54) is 12.0 Å². The Balaban J connectivity index is 0.000000172. The van der Waals surface area contributed by atoms with E-state index in [4.69, 9.17) is 5.73 Å². The number of benzene rings is 1. The van der Waals surface area contributed by atoms with Crippen LogP contribution in [0.3, 0.4) is 0 Å². The fraction of sp³-hybridized carbons (Fsp3) is 0.333. The van der Waals surface area contributed by atoms with E-state index < -0.39 is 0 Å². The van der Waals surface area contributed by atoms with Gasteiger partial charge in [-0.3, -0.25) is 15.2 Å². The van der Waals surface area contributed by atoms with Crippen molar-refractivity contribution >= 4 is 5.91 Å². The van der Waals surface area contributed by atoms with Gasteiger partial charge in [-0.1, -0.05) is 30.3 Å². The normalized spacial score (nSPS) is 18.8.